The van der Waals surface area contributed by atoms with Crippen molar-refractivity contribution in [3.8, 4) is 0 Å². The second kappa shape index (κ2) is 10.0. The van der Waals surface area contributed by atoms with E-state index in [1.807, 2.05) is 29.2 Å². The molecule has 7 nitrogen and oxygen atoms in total. The molecule has 0 aliphatic carbocycles. The van der Waals surface area contributed by atoms with Gasteiger partial charge in [-0.25, -0.2) is 9.78 Å². The summed E-state index contributed by atoms with van der Waals surface area (Å²) >= 11 is 1.35. The molecule has 32 heavy (non-hydrogen) atoms. The largest absolute Gasteiger partial charge is 0.324 e. The van der Waals surface area contributed by atoms with Crippen molar-refractivity contribution in [2.75, 3.05) is 51.6 Å². The van der Waals surface area contributed by atoms with E-state index in [2.05, 4.69) is 33.7 Å². The Morgan fingerprint density at radius 1 is 1.16 bits per heavy atom. The lowest BCUT2D eigenvalue weighted by atomic mass is 10.0. The number of thioether (sulfide) groups is 1. The lowest BCUT2D eigenvalue weighted by Gasteiger charge is -2.42. The maximum Gasteiger partial charge on any atom is 0.323 e. The van der Waals surface area contributed by atoms with E-state index in [0.29, 0.717) is 16.9 Å². The molecule has 172 valence electrons. The van der Waals surface area contributed by atoms with Gasteiger partial charge >= 0.3 is 6.03 Å². The number of likely N-dealkylation sites (tertiary alicyclic amines) is 1. The van der Waals surface area contributed by atoms with Gasteiger partial charge in [-0.05, 0) is 49.9 Å². The Morgan fingerprint density at radius 2 is 1.88 bits per heavy atom. The van der Waals surface area contributed by atoms with Crippen LogP contribution in [0, 0.1) is 5.41 Å². The highest BCUT2D eigenvalue weighted by Crippen LogP contribution is 2.29. The fraction of sp³-hybridized carbons (Fsp3) is 0.458. The number of nitrogens with one attached hydrogen (secondary N) is 2. The first kappa shape index (κ1) is 22.8. The zero-order chi connectivity index (χ0) is 22.7. The van der Waals surface area contributed by atoms with Crippen LogP contribution in [0.1, 0.15) is 26.8 Å². The number of anilines is 1. The summed E-state index contributed by atoms with van der Waals surface area (Å²) in [7, 11) is 2.18. The normalized spacial score (nSPS) is 18.6. The lowest BCUT2D eigenvalue weighted by molar-refractivity contribution is 0.0765. The fourth-order valence-electron chi connectivity index (χ4n) is 4.44. The number of piperidine rings is 1. The Hall–Kier alpha value is -2.42. The first-order valence-electron chi connectivity index (χ1n) is 11.2. The molecule has 0 spiro atoms. The summed E-state index contributed by atoms with van der Waals surface area (Å²) in [6, 6.07) is 8.43. The van der Waals surface area contributed by atoms with E-state index in [1.54, 1.807) is 13.1 Å². The minimum atomic E-state index is -0.0794. The fourth-order valence-corrected chi connectivity index (χ4v) is 5.05. The van der Waals surface area contributed by atoms with Gasteiger partial charge in [0.05, 0.1) is 5.04 Å². The summed E-state index contributed by atoms with van der Waals surface area (Å²) in [6.45, 7) is 11.9. The van der Waals surface area contributed by atoms with Crippen LogP contribution in [-0.4, -0.2) is 83.1 Å². The molecule has 2 fully saturated rings. The maximum atomic E-state index is 12.8. The Kier molecular flexibility index (Phi) is 7.13. The third-order valence-corrected chi connectivity index (χ3v) is 7.15. The van der Waals surface area contributed by atoms with Gasteiger partial charge in [0.2, 0.25) is 0 Å². The van der Waals surface area contributed by atoms with Crippen LogP contribution < -0.4 is 5.32 Å². The lowest BCUT2D eigenvalue weighted by Crippen LogP contribution is -2.53. The van der Waals surface area contributed by atoms with Crippen molar-refractivity contribution in [2.24, 2.45) is 0 Å². The molecule has 0 bridgehead atoms. The Labute approximate surface area is 195 Å². The number of carbonyl (C=O) groups is 1. The van der Waals surface area contributed by atoms with E-state index in [-0.39, 0.29) is 7.46 Å². The summed E-state index contributed by atoms with van der Waals surface area (Å²) < 4.78 is 0. The highest BCUT2D eigenvalue weighted by Gasteiger charge is 2.28. The molecule has 2 aromatic rings. The smallest absolute Gasteiger partial charge is 0.323 e. The zero-order valence-corrected chi connectivity index (χ0v) is 19.7. The van der Waals surface area contributed by atoms with Crippen molar-refractivity contribution < 1.29 is 6.22 Å². The molecule has 1 aromatic heterocycles. The number of rotatable bonds is 4. The summed E-state index contributed by atoms with van der Waals surface area (Å²) in [5.41, 5.74) is 0.976. The molecule has 0 radical (unpaired) electrons. The van der Waals surface area contributed by atoms with Gasteiger partial charge in [-0.1, -0.05) is 30.5 Å². The van der Waals surface area contributed by atoms with E-state index in [9.17, 15) is 4.79 Å². The molecule has 2 amide bonds. The van der Waals surface area contributed by atoms with Crippen LogP contribution in [0.25, 0.3) is 15.7 Å². The Balaban J connectivity index is 0.00000306. The second-order valence-electron chi connectivity index (χ2n) is 8.70. The molecule has 0 unspecified atom stereocenters. The van der Waals surface area contributed by atoms with Gasteiger partial charge in [-0.3, -0.25) is 15.6 Å². The molecule has 1 aromatic carbocycles. The molecular formula is C24H34N6OS. The number of fused-ring (bicyclic) bond motifs is 1. The molecule has 4 rings (SSSR count). The first-order valence-corrected chi connectivity index (χ1v) is 12.0. The average molecular weight is 455 g/mol. The molecule has 2 N–H and O–H groups in total. The van der Waals surface area contributed by atoms with Crippen LogP contribution in [-0.2, 0) is 0 Å². The number of nitrogens with zero attached hydrogens (tertiary/aromatic N) is 4. The maximum absolute atomic E-state index is 12.8. The van der Waals surface area contributed by atoms with Crippen LogP contribution in [0.15, 0.2) is 37.0 Å². The van der Waals surface area contributed by atoms with Gasteiger partial charge in [0, 0.05) is 63.2 Å². The number of hydrogen-bond acceptors (Lipinski definition) is 6. The van der Waals surface area contributed by atoms with Crippen molar-refractivity contribution in [3.05, 3.63) is 42.6 Å². The van der Waals surface area contributed by atoms with Gasteiger partial charge in [0.15, 0.2) is 0 Å². The minimum absolute atomic E-state index is 0. The molecule has 3 heterocycles. The summed E-state index contributed by atoms with van der Waals surface area (Å²) in [4.78, 5) is 25.0. The number of aromatic nitrogens is 1. The van der Waals surface area contributed by atoms with Crippen LogP contribution in [0.2, 0.25) is 0 Å². The molecule has 2 aliphatic rings. The van der Waals surface area contributed by atoms with E-state index in [1.165, 1.54) is 11.8 Å². The molecule has 8 heteroatoms. The number of piperazine rings is 1. The zero-order valence-electron chi connectivity index (χ0n) is 18.9. The van der Waals surface area contributed by atoms with Crippen molar-refractivity contribution in [3.63, 3.8) is 0 Å². The quantitative estimate of drug-likeness (QED) is 0.528. The third kappa shape index (κ3) is 5.49. The number of carbonyl (C=O) groups excluding carboxylic acids is 1. The summed E-state index contributed by atoms with van der Waals surface area (Å²) in [5, 5.41) is 13.1. The van der Waals surface area contributed by atoms with E-state index in [4.69, 9.17) is 5.41 Å². The SMILES string of the molecule is C=C(SC(C)=N)c1ccc2cnc(NC(=O)N3CCC(N4CCN(C)CC4)CC3)cc2c1.[HH]. The van der Waals surface area contributed by atoms with Gasteiger partial charge < -0.3 is 9.80 Å². The monoisotopic (exact) mass is 454 g/mol. The predicted octanol–water partition coefficient (Wildman–Crippen LogP) is 4.43. The van der Waals surface area contributed by atoms with Gasteiger partial charge in [-0.2, -0.15) is 0 Å². The van der Waals surface area contributed by atoms with E-state index >= 15 is 0 Å². The highest BCUT2D eigenvalue weighted by atomic mass is 32.2. The second-order valence-corrected chi connectivity index (χ2v) is 10.0. The van der Waals surface area contributed by atoms with Gasteiger partial charge in [0.25, 0.3) is 0 Å². The number of likely N-dealkylation sites (N-methyl/N-ethyl adjacent to an activating group) is 1. The molecule has 0 atom stereocenters. The van der Waals surface area contributed by atoms with E-state index < -0.39 is 0 Å². The molecule has 0 saturated carbocycles. The molecule has 2 aliphatic heterocycles. The van der Waals surface area contributed by atoms with Crippen LogP contribution in [0.4, 0.5) is 10.6 Å². The van der Waals surface area contributed by atoms with Crippen molar-refractivity contribution in [1.29, 1.82) is 5.41 Å². The average Bonchev–Trinajstić information content (AvgIpc) is 2.79. The van der Waals surface area contributed by atoms with Crippen LogP contribution in [0.5, 0.6) is 0 Å². The number of amides is 2. The van der Waals surface area contributed by atoms with Crippen LogP contribution >= 0.6 is 11.8 Å². The standard InChI is InChI=1S/C24H32N6OS.H2/c1-17(32-18(2)25)19-4-5-20-16-26-23(15-21(20)14-19)27-24(31)30-8-6-22(7-9-30)29-12-10-28(3)11-13-29;/h4-5,14-16,22,25H,1,6-13H2,2-3H3,(H,26,27,31);1H. The highest BCUT2D eigenvalue weighted by molar-refractivity contribution is 8.21. The first-order chi connectivity index (χ1) is 15.4. The van der Waals surface area contributed by atoms with Crippen molar-refractivity contribution >= 4 is 44.3 Å². The molecule has 2 saturated heterocycles. The van der Waals surface area contributed by atoms with Gasteiger partial charge in [-0.15, -0.1) is 0 Å². The van der Waals surface area contributed by atoms with Crippen molar-refractivity contribution in [2.45, 2.75) is 25.8 Å². The number of urea groups is 1. The predicted molar refractivity (Wildman–Crippen MR) is 137 cm³/mol. The Bertz CT molecular complexity index is 1020. The van der Waals surface area contributed by atoms with Gasteiger partial charge in [0.1, 0.15) is 5.82 Å². The number of hydrogen-bond donors (Lipinski definition) is 2. The van der Waals surface area contributed by atoms with Crippen molar-refractivity contribution in [1.82, 2.24) is 19.7 Å². The third-order valence-electron chi connectivity index (χ3n) is 6.36. The minimum Gasteiger partial charge on any atom is -0.324 e. The summed E-state index contributed by atoms with van der Waals surface area (Å²) in [6.07, 6.45) is 3.84. The number of pyridine rings is 1. The Morgan fingerprint density at radius 3 is 2.56 bits per heavy atom. The number of benzene rings is 1. The topological polar surface area (TPSA) is 75.6 Å². The van der Waals surface area contributed by atoms with E-state index in [0.717, 1.165) is 73.4 Å². The summed E-state index contributed by atoms with van der Waals surface area (Å²) in [5.74, 6) is 0.558. The molecular weight excluding hydrogens is 420 g/mol. The van der Waals surface area contributed by atoms with Crippen LogP contribution in [0.3, 0.4) is 0 Å².